The van der Waals surface area contributed by atoms with Gasteiger partial charge in [0.15, 0.2) is 0 Å². The predicted molar refractivity (Wildman–Crippen MR) is 98.8 cm³/mol. The third kappa shape index (κ3) is 7.22. The summed E-state index contributed by atoms with van der Waals surface area (Å²) in [5, 5.41) is 18.6. The van der Waals surface area contributed by atoms with E-state index in [-0.39, 0.29) is 15.9 Å². The van der Waals surface area contributed by atoms with Gasteiger partial charge in [-0.1, -0.05) is 67.3 Å². The Hall–Kier alpha value is -0.670. The van der Waals surface area contributed by atoms with Crippen LogP contribution >= 0.6 is 22.6 Å². The lowest BCUT2D eigenvalue weighted by atomic mass is 9.99. The molecule has 0 aliphatic rings. The minimum atomic E-state index is -4.60. The summed E-state index contributed by atoms with van der Waals surface area (Å²) in [5.74, 6) is -2.99. The number of benzene rings is 1. The van der Waals surface area contributed by atoms with Gasteiger partial charge in [-0.2, -0.15) is 8.78 Å². The summed E-state index contributed by atoms with van der Waals surface area (Å²) in [4.78, 5) is 11.4. The van der Waals surface area contributed by atoms with E-state index in [9.17, 15) is 23.1 Å². The Kier molecular flexibility index (Phi) is 9.37. The Balaban J connectivity index is 2.64. The highest BCUT2D eigenvalue weighted by atomic mass is 127. The minimum Gasteiger partial charge on any atom is -0.392 e. The van der Waals surface area contributed by atoms with Gasteiger partial charge in [-0.15, -0.1) is 0 Å². The average molecular weight is 472 g/mol. The first-order valence-corrected chi connectivity index (χ1v) is 9.67. The van der Waals surface area contributed by atoms with E-state index < -0.39 is 29.4 Å². The Labute approximate surface area is 159 Å². The third-order valence-corrected chi connectivity index (χ3v) is 5.51. The van der Waals surface area contributed by atoms with Gasteiger partial charge in [0.2, 0.25) is 0 Å². The lowest BCUT2D eigenvalue weighted by molar-refractivity contribution is -0.155. The molecule has 3 nitrogen and oxygen atoms in total. The van der Waals surface area contributed by atoms with Crippen molar-refractivity contribution in [1.82, 2.24) is 0 Å². The topological polar surface area (TPSA) is 57.5 Å². The summed E-state index contributed by atoms with van der Waals surface area (Å²) in [7, 11) is 0. The normalized spacial score (nSPS) is 14.4. The zero-order valence-corrected chi connectivity index (χ0v) is 16.3. The molecule has 1 rings (SSSR count). The first-order chi connectivity index (χ1) is 11.7. The van der Waals surface area contributed by atoms with Crippen LogP contribution in [0.15, 0.2) is 18.2 Å². The highest BCUT2D eigenvalue weighted by Crippen LogP contribution is 2.24. The number of carbonyl (C=O) groups excluding carboxylic acids is 1. The van der Waals surface area contributed by atoms with Gasteiger partial charge in [-0.3, -0.25) is 4.79 Å². The second-order valence-electron chi connectivity index (χ2n) is 6.12. The molecule has 2 N–H and O–H groups in total. The van der Waals surface area contributed by atoms with Crippen molar-refractivity contribution in [3.05, 3.63) is 35.1 Å². The molecular weight excluding hydrogens is 448 g/mol. The number of unbranched alkanes of at least 4 members (excludes halogenated alkanes) is 3. The maximum atomic E-state index is 14.3. The highest BCUT2D eigenvalue weighted by molar-refractivity contribution is 14.1. The zero-order valence-electron chi connectivity index (χ0n) is 14.2. The molecule has 0 saturated heterocycles. The van der Waals surface area contributed by atoms with Gasteiger partial charge < -0.3 is 10.2 Å². The molecule has 1 aromatic carbocycles. The third-order valence-electron chi connectivity index (χ3n) is 4.06. The van der Waals surface area contributed by atoms with Crippen LogP contribution in [-0.4, -0.2) is 32.1 Å². The first kappa shape index (κ1) is 22.4. The molecule has 0 fully saturated rings. The molecule has 142 valence electrons. The van der Waals surface area contributed by atoms with Crippen LogP contribution in [0.3, 0.4) is 0 Å². The number of halogens is 4. The number of aryl methyl sites for hydroxylation is 1. The van der Waals surface area contributed by atoms with E-state index in [2.05, 4.69) is 29.5 Å². The number of Topliss-reactive ketones (excluding diaryl/α,β-unsaturated/α-hetero) is 1. The van der Waals surface area contributed by atoms with Gasteiger partial charge in [0.1, 0.15) is 5.82 Å². The molecule has 0 bridgehead atoms. The number of hydrogen-bond donors (Lipinski definition) is 2. The Morgan fingerprint density at radius 1 is 1.24 bits per heavy atom. The molecule has 0 aliphatic heterocycles. The van der Waals surface area contributed by atoms with Gasteiger partial charge in [-0.05, 0) is 30.9 Å². The van der Waals surface area contributed by atoms with Gasteiger partial charge in [-0.25, -0.2) is 4.39 Å². The summed E-state index contributed by atoms with van der Waals surface area (Å²) < 4.78 is 39.6. The predicted octanol–water partition coefficient (Wildman–Crippen LogP) is 4.66. The number of aliphatic hydroxyl groups excluding tert-OH is 1. The zero-order chi connectivity index (χ0) is 19.0. The number of carbonyl (C=O) groups is 1. The monoisotopic (exact) mass is 472 g/mol. The van der Waals surface area contributed by atoms with Crippen molar-refractivity contribution in [2.75, 3.05) is 0 Å². The van der Waals surface area contributed by atoms with E-state index in [1.165, 1.54) is 12.1 Å². The van der Waals surface area contributed by atoms with Crippen molar-refractivity contribution in [3.8, 4) is 0 Å². The molecule has 0 heterocycles. The molecule has 7 heteroatoms. The molecule has 0 saturated carbocycles. The standard InChI is InChI=1S/C18H24F3IO3/c1-2-3-4-5-9-15(23)14(22)11-10-12-7-6-8-13(16(12)19)17(24)18(20,21)25/h6-8,14-15,23,25H,2-5,9-11H2,1H3. The van der Waals surface area contributed by atoms with Crippen molar-refractivity contribution < 1.29 is 28.2 Å². The van der Waals surface area contributed by atoms with Crippen LogP contribution in [0, 0.1) is 5.82 Å². The lowest BCUT2D eigenvalue weighted by Gasteiger charge is -2.18. The van der Waals surface area contributed by atoms with Crippen molar-refractivity contribution in [1.29, 1.82) is 0 Å². The second-order valence-corrected chi connectivity index (χ2v) is 7.72. The molecule has 0 aromatic heterocycles. The summed E-state index contributed by atoms with van der Waals surface area (Å²) in [6, 6.07) is 3.65. The van der Waals surface area contributed by atoms with Crippen molar-refractivity contribution in [2.45, 2.75) is 68.0 Å². The second kappa shape index (κ2) is 10.5. The maximum Gasteiger partial charge on any atom is 0.418 e. The van der Waals surface area contributed by atoms with Crippen LogP contribution in [0.2, 0.25) is 0 Å². The average Bonchev–Trinajstić information content (AvgIpc) is 2.55. The molecule has 0 radical (unpaired) electrons. The highest BCUT2D eigenvalue weighted by Gasteiger charge is 2.38. The molecule has 0 amide bonds. The Bertz CT molecular complexity index is 561. The van der Waals surface area contributed by atoms with Gasteiger partial charge in [0, 0.05) is 3.92 Å². The quantitative estimate of drug-likeness (QED) is 0.213. The fourth-order valence-electron chi connectivity index (χ4n) is 2.56. The van der Waals surface area contributed by atoms with Gasteiger partial charge >= 0.3 is 6.11 Å². The van der Waals surface area contributed by atoms with Crippen LogP contribution < -0.4 is 0 Å². The Morgan fingerprint density at radius 2 is 1.92 bits per heavy atom. The van der Waals surface area contributed by atoms with E-state index in [4.69, 9.17) is 5.11 Å². The van der Waals surface area contributed by atoms with E-state index in [1.54, 1.807) is 0 Å². The smallest absolute Gasteiger partial charge is 0.392 e. The fraction of sp³-hybridized carbons (Fsp3) is 0.611. The lowest BCUT2D eigenvalue weighted by Crippen LogP contribution is -2.29. The molecular formula is C18H24F3IO3. The molecule has 1 aromatic rings. The first-order valence-electron chi connectivity index (χ1n) is 8.43. The number of alkyl halides is 3. The van der Waals surface area contributed by atoms with Crippen molar-refractivity contribution in [2.24, 2.45) is 0 Å². The van der Waals surface area contributed by atoms with E-state index in [0.717, 1.165) is 31.7 Å². The van der Waals surface area contributed by atoms with E-state index >= 15 is 0 Å². The molecule has 0 spiro atoms. The largest absolute Gasteiger partial charge is 0.418 e. The van der Waals surface area contributed by atoms with Crippen LogP contribution in [0.25, 0.3) is 0 Å². The van der Waals surface area contributed by atoms with Gasteiger partial charge in [0.25, 0.3) is 5.78 Å². The minimum absolute atomic E-state index is 0.0998. The number of hydrogen-bond acceptors (Lipinski definition) is 3. The van der Waals surface area contributed by atoms with E-state index in [1.807, 2.05) is 0 Å². The number of aliphatic hydroxyl groups is 2. The molecule has 25 heavy (non-hydrogen) atoms. The Morgan fingerprint density at radius 3 is 2.52 bits per heavy atom. The summed E-state index contributed by atoms with van der Waals surface area (Å²) in [6.07, 6.45) is 0.468. The maximum absolute atomic E-state index is 14.3. The van der Waals surface area contributed by atoms with Crippen molar-refractivity contribution in [3.63, 3.8) is 0 Å². The van der Waals surface area contributed by atoms with Crippen LogP contribution in [-0.2, 0) is 6.42 Å². The van der Waals surface area contributed by atoms with Crippen LogP contribution in [0.1, 0.15) is 61.4 Å². The van der Waals surface area contributed by atoms with Crippen molar-refractivity contribution >= 4 is 28.4 Å². The molecule has 2 atom stereocenters. The number of rotatable bonds is 11. The SMILES string of the molecule is CCCCCCC(O)C(I)CCc1cccc(C(=O)C(O)(F)F)c1F. The van der Waals surface area contributed by atoms with Crippen LogP contribution in [0.5, 0.6) is 0 Å². The summed E-state index contributed by atoms with van der Waals surface area (Å²) >= 11 is 2.10. The fourth-order valence-corrected chi connectivity index (χ4v) is 3.23. The molecule has 0 aliphatic carbocycles. The van der Waals surface area contributed by atoms with Crippen LogP contribution in [0.4, 0.5) is 13.2 Å². The molecule has 2 unspecified atom stereocenters. The number of ketones is 1. The van der Waals surface area contributed by atoms with Gasteiger partial charge in [0.05, 0.1) is 11.7 Å². The van der Waals surface area contributed by atoms with E-state index in [0.29, 0.717) is 12.8 Å². The summed E-state index contributed by atoms with van der Waals surface area (Å²) in [5.41, 5.74) is -0.704. The summed E-state index contributed by atoms with van der Waals surface area (Å²) in [6.45, 7) is 2.11.